The lowest BCUT2D eigenvalue weighted by Crippen LogP contribution is -2.36. The van der Waals surface area contributed by atoms with Crippen molar-refractivity contribution < 1.29 is 9.48 Å². The minimum Gasteiger partial charge on any atom is -0.269 e. The maximum absolute atomic E-state index is 11.3. The fourth-order valence-corrected chi connectivity index (χ4v) is 2.10. The van der Waals surface area contributed by atoms with Gasteiger partial charge in [0.25, 0.3) is 5.91 Å². The highest BCUT2D eigenvalue weighted by Crippen LogP contribution is 2.17. The molecule has 1 amide bonds. The topological polar surface area (TPSA) is 32.1 Å². The largest absolute Gasteiger partial charge is 0.281 e. The molecule has 0 aromatic heterocycles. The molecule has 0 bridgehead atoms. The van der Waals surface area contributed by atoms with Crippen LogP contribution in [0, 0.1) is 0 Å². The number of hydrogen-bond donors (Lipinski definition) is 1. The number of aryl methyl sites for hydroxylation is 1. The predicted octanol–water partition coefficient (Wildman–Crippen LogP) is 1.92. The first kappa shape index (κ1) is 11.8. The molecule has 1 aromatic carbocycles. The molecule has 0 aliphatic carbocycles. The Balaban J connectivity index is 1.95. The van der Waals surface area contributed by atoms with Crippen molar-refractivity contribution >= 4 is 12.1 Å². The molecule has 1 heterocycles. The van der Waals surface area contributed by atoms with E-state index in [1.54, 1.807) is 0 Å². The molecule has 1 aliphatic heterocycles. The van der Waals surface area contributed by atoms with E-state index < -0.39 is 0 Å². The summed E-state index contributed by atoms with van der Waals surface area (Å²) >= 11 is 0. The van der Waals surface area contributed by atoms with Crippen LogP contribution in [0.4, 0.5) is 0 Å². The second-order valence-corrected chi connectivity index (χ2v) is 5.10. The van der Waals surface area contributed by atoms with E-state index in [1.807, 2.05) is 10.8 Å². The highest BCUT2D eigenvalue weighted by molar-refractivity contribution is 5.77. The average Bonchev–Trinajstić information content (AvgIpc) is 2.53. The molecule has 1 aliphatic rings. The molecule has 0 radical (unpaired) electrons. The maximum Gasteiger partial charge on any atom is 0.281 e. The lowest BCUT2D eigenvalue weighted by atomic mass is 10.0. The van der Waals surface area contributed by atoms with Crippen LogP contribution in [0.15, 0.2) is 30.3 Å². The van der Waals surface area contributed by atoms with Crippen molar-refractivity contribution in [2.45, 2.75) is 38.6 Å². The third-order valence-electron chi connectivity index (χ3n) is 3.08. The number of hydrazine groups is 1. The second-order valence-electron chi connectivity index (χ2n) is 5.10. The second kappa shape index (κ2) is 4.70. The van der Waals surface area contributed by atoms with Crippen LogP contribution in [0.25, 0.3) is 0 Å². The van der Waals surface area contributed by atoms with Gasteiger partial charge in [-0.05, 0) is 12.0 Å². The van der Waals surface area contributed by atoms with Gasteiger partial charge >= 0.3 is 0 Å². The number of hydrazone groups is 1. The fourth-order valence-electron chi connectivity index (χ4n) is 2.10. The number of amides is 1. The Hall–Kier alpha value is -1.64. The van der Waals surface area contributed by atoms with E-state index in [9.17, 15) is 4.79 Å². The van der Waals surface area contributed by atoms with Crippen LogP contribution in [0.2, 0.25) is 0 Å². The molecule has 1 aromatic rings. The van der Waals surface area contributed by atoms with Crippen molar-refractivity contribution in [3.05, 3.63) is 35.9 Å². The van der Waals surface area contributed by atoms with Gasteiger partial charge in [0.15, 0.2) is 11.8 Å². The number of benzene rings is 1. The summed E-state index contributed by atoms with van der Waals surface area (Å²) in [6, 6.07) is 10.4. The number of rotatable bonds is 3. The molecule has 90 valence electrons. The Morgan fingerprint density at radius 3 is 2.65 bits per heavy atom. The molecule has 0 unspecified atom stereocenters. The van der Waals surface area contributed by atoms with Crippen molar-refractivity contribution in [3.63, 3.8) is 0 Å². The summed E-state index contributed by atoms with van der Waals surface area (Å²) in [7, 11) is 0. The van der Waals surface area contributed by atoms with E-state index in [-0.39, 0.29) is 11.4 Å². The molecule has 3 nitrogen and oxygen atoms in total. The van der Waals surface area contributed by atoms with Crippen LogP contribution >= 0.6 is 0 Å². The van der Waals surface area contributed by atoms with E-state index in [2.05, 4.69) is 49.8 Å². The van der Waals surface area contributed by atoms with Gasteiger partial charge < -0.3 is 0 Å². The van der Waals surface area contributed by atoms with E-state index in [4.69, 9.17) is 0 Å². The van der Waals surface area contributed by atoms with Crippen molar-refractivity contribution in [2.75, 3.05) is 0 Å². The van der Waals surface area contributed by atoms with Crippen molar-refractivity contribution in [1.29, 1.82) is 0 Å². The number of carbonyl (C=O) groups excluding carboxylic acids is 1. The summed E-state index contributed by atoms with van der Waals surface area (Å²) in [6.45, 7) is 4.15. The summed E-state index contributed by atoms with van der Waals surface area (Å²) in [4.78, 5) is 11.3. The first-order chi connectivity index (χ1) is 8.08. The zero-order valence-corrected chi connectivity index (χ0v) is 10.4. The first-order valence-corrected chi connectivity index (χ1v) is 6.04. The van der Waals surface area contributed by atoms with Gasteiger partial charge in [0.05, 0.1) is 6.42 Å². The van der Waals surface area contributed by atoms with Gasteiger partial charge in [0, 0.05) is 20.3 Å². The van der Waals surface area contributed by atoms with E-state index in [1.165, 1.54) is 5.56 Å². The highest BCUT2D eigenvalue weighted by Gasteiger charge is 2.41. The average molecular weight is 231 g/mol. The molecule has 0 atom stereocenters. The Morgan fingerprint density at radius 1 is 1.35 bits per heavy atom. The standard InChI is InChI=1S/C14H18N2O/c1-14(2)11-13(17)15-16(14)10-6-9-12-7-4-3-5-8-12/h3-5,7-8,10H,6,9,11H2,1-2H3/p+1/b16-10-. The SMILES string of the molecule is CC1(C)CC(=O)N/[N+]1=C\CCc1ccccc1. The van der Waals surface area contributed by atoms with Gasteiger partial charge in [-0.1, -0.05) is 30.3 Å². The van der Waals surface area contributed by atoms with Gasteiger partial charge in [-0.3, -0.25) is 4.79 Å². The third-order valence-corrected chi connectivity index (χ3v) is 3.08. The van der Waals surface area contributed by atoms with Crippen LogP contribution in [-0.2, 0) is 11.2 Å². The van der Waals surface area contributed by atoms with Gasteiger partial charge in [0.2, 0.25) is 0 Å². The van der Waals surface area contributed by atoms with Crippen molar-refractivity contribution in [1.82, 2.24) is 5.43 Å². The Labute approximate surface area is 102 Å². The lowest BCUT2D eigenvalue weighted by molar-refractivity contribution is -0.622. The van der Waals surface area contributed by atoms with Crippen LogP contribution < -0.4 is 5.43 Å². The normalized spacial score (nSPS) is 20.6. The number of nitrogens with one attached hydrogen (secondary N) is 1. The number of nitrogens with zero attached hydrogens (tertiary/aromatic N) is 1. The lowest BCUT2D eigenvalue weighted by Gasteiger charge is -2.09. The minimum atomic E-state index is -0.103. The van der Waals surface area contributed by atoms with E-state index in [0.29, 0.717) is 6.42 Å². The predicted molar refractivity (Wildman–Crippen MR) is 67.9 cm³/mol. The molecule has 0 spiro atoms. The summed E-state index contributed by atoms with van der Waals surface area (Å²) in [5, 5.41) is 0. The first-order valence-electron chi connectivity index (χ1n) is 6.04. The summed E-state index contributed by atoms with van der Waals surface area (Å²) in [5.74, 6) is 0.103. The van der Waals surface area contributed by atoms with Gasteiger partial charge in [-0.15, -0.1) is 10.1 Å². The molecule has 2 rings (SSSR count). The van der Waals surface area contributed by atoms with Crippen molar-refractivity contribution in [3.8, 4) is 0 Å². The molecule has 0 saturated carbocycles. The van der Waals surface area contributed by atoms with Crippen LogP contribution in [0.5, 0.6) is 0 Å². The summed E-state index contributed by atoms with van der Waals surface area (Å²) < 4.78 is 1.94. The van der Waals surface area contributed by atoms with Crippen LogP contribution in [-0.4, -0.2) is 22.3 Å². The van der Waals surface area contributed by atoms with Crippen LogP contribution in [0.3, 0.4) is 0 Å². The maximum atomic E-state index is 11.3. The Bertz CT molecular complexity index is 435. The minimum absolute atomic E-state index is 0.103. The monoisotopic (exact) mass is 231 g/mol. The van der Waals surface area contributed by atoms with Crippen LogP contribution in [0.1, 0.15) is 32.3 Å². The third kappa shape index (κ3) is 2.93. The zero-order chi connectivity index (χ0) is 12.3. The highest BCUT2D eigenvalue weighted by atomic mass is 16.2. The molecule has 1 fully saturated rings. The quantitative estimate of drug-likeness (QED) is 0.792. The Kier molecular flexibility index (Phi) is 3.27. The molecular weight excluding hydrogens is 212 g/mol. The van der Waals surface area contributed by atoms with Gasteiger partial charge in [0.1, 0.15) is 0 Å². The fraction of sp³-hybridized carbons (Fsp3) is 0.429. The summed E-state index contributed by atoms with van der Waals surface area (Å²) in [6.07, 6.45) is 4.59. The van der Waals surface area contributed by atoms with E-state index in [0.717, 1.165) is 12.8 Å². The molecule has 1 N–H and O–H groups in total. The molecule has 1 saturated heterocycles. The molecule has 3 heteroatoms. The van der Waals surface area contributed by atoms with Crippen molar-refractivity contribution in [2.24, 2.45) is 0 Å². The molecule has 17 heavy (non-hydrogen) atoms. The van der Waals surface area contributed by atoms with E-state index >= 15 is 0 Å². The molecular formula is C14H19N2O+. The zero-order valence-electron chi connectivity index (χ0n) is 10.4. The Morgan fingerprint density at radius 2 is 2.06 bits per heavy atom. The van der Waals surface area contributed by atoms with Gasteiger partial charge in [-0.25, -0.2) is 0 Å². The van der Waals surface area contributed by atoms with Gasteiger partial charge in [-0.2, -0.15) is 0 Å². The number of hydrogen-bond acceptors (Lipinski definition) is 1. The summed E-state index contributed by atoms with van der Waals surface area (Å²) in [5.41, 5.74) is 4.09. The number of carbonyl (C=O) groups is 1. The smallest absolute Gasteiger partial charge is 0.269 e.